The van der Waals surface area contributed by atoms with E-state index in [2.05, 4.69) is 4.98 Å². The van der Waals surface area contributed by atoms with Crippen LogP contribution in [0.5, 0.6) is 0 Å². The normalized spacial score (nSPS) is 17.7. The third kappa shape index (κ3) is 2.67. The maximum Gasteiger partial charge on any atom is 0.339 e. The maximum atomic E-state index is 11.4. The molecule has 0 bridgehead atoms. The van der Waals surface area contributed by atoms with Gasteiger partial charge in [0.15, 0.2) is 0 Å². The molecule has 3 rings (SSSR count). The molecular weight excluding hydrogens is 280 g/mol. The molecule has 0 fully saturated rings. The van der Waals surface area contributed by atoms with Crippen LogP contribution in [0.1, 0.15) is 33.3 Å². The molecule has 2 N–H and O–H groups in total. The monoisotopic (exact) mass is 298 g/mol. The number of pyridine rings is 1. The number of nitrogens with zero attached hydrogens (tertiary/aromatic N) is 2. The molecule has 2 aromatic rings. The van der Waals surface area contributed by atoms with E-state index in [1.165, 1.54) is 0 Å². The Balaban J connectivity index is 1.98. The van der Waals surface area contributed by atoms with Gasteiger partial charge in [-0.3, -0.25) is 0 Å². The molecular formula is C17H18N2O3. The average molecular weight is 298 g/mol. The van der Waals surface area contributed by atoms with Gasteiger partial charge in [0, 0.05) is 18.8 Å². The van der Waals surface area contributed by atoms with Crippen molar-refractivity contribution in [2.75, 3.05) is 18.0 Å². The van der Waals surface area contributed by atoms with Crippen molar-refractivity contribution in [1.82, 2.24) is 4.98 Å². The maximum absolute atomic E-state index is 11.4. The van der Waals surface area contributed by atoms with Crippen molar-refractivity contribution in [2.24, 2.45) is 0 Å². The minimum absolute atomic E-state index is 0.170. The van der Waals surface area contributed by atoms with Crippen LogP contribution < -0.4 is 4.90 Å². The summed E-state index contributed by atoms with van der Waals surface area (Å²) in [6.45, 7) is 2.80. The number of β-amino-alcohol motifs (C(OH)–C–C–N with tert-alkyl or cyclic N) is 1. The zero-order chi connectivity index (χ0) is 15.7. The first-order chi connectivity index (χ1) is 10.6. The predicted octanol–water partition coefficient (Wildman–Crippen LogP) is 2.18. The number of benzene rings is 1. The number of fused-ring (bicyclic) bond motifs is 1. The molecule has 0 saturated heterocycles. The lowest BCUT2D eigenvalue weighted by molar-refractivity contribution is 0.0696. The van der Waals surface area contributed by atoms with Crippen molar-refractivity contribution >= 4 is 11.8 Å². The Kier molecular flexibility index (Phi) is 3.81. The van der Waals surface area contributed by atoms with Crippen molar-refractivity contribution in [2.45, 2.75) is 19.4 Å². The van der Waals surface area contributed by atoms with E-state index in [-0.39, 0.29) is 5.56 Å². The first kappa shape index (κ1) is 14.5. The van der Waals surface area contributed by atoms with E-state index < -0.39 is 12.1 Å². The fourth-order valence-corrected chi connectivity index (χ4v) is 2.88. The van der Waals surface area contributed by atoms with E-state index in [9.17, 15) is 15.0 Å². The van der Waals surface area contributed by atoms with Crippen LogP contribution in [-0.4, -0.2) is 34.3 Å². The molecule has 1 unspecified atom stereocenters. The molecule has 0 radical (unpaired) electrons. The Morgan fingerprint density at radius 3 is 2.82 bits per heavy atom. The number of aromatic nitrogens is 1. The molecule has 1 aliphatic heterocycles. The number of rotatable bonds is 2. The Morgan fingerprint density at radius 2 is 2.05 bits per heavy atom. The molecule has 5 nitrogen and oxygen atoms in total. The number of aliphatic hydroxyl groups is 1. The lowest BCUT2D eigenvalue weighted by Crippen LogP contribution is -2.30. The van der Waals surface area contributed by atoms with Gasteiger partial charge in [-0.15, -0.1) is 0 Å². The third-order valence-electron chi connectivity index (χ3n) is 4.00. The lowest BCUT2D eigenvalue weighted by atomic mass is 10.0. The van der Waals surface area contributed by atoms with E-state index in [1.54, 1.807) is 12.1 Å². The summed E-state index contributed by atoms with van der Waals surface area (Å²) in [5.74, 6) is -0.571. The van der Waals surface area contributed by atoms with Crippen LogP contribution in [0.3, 0.4) is 0 Å². The number of aryl methyl sites for hydroxylation is 1. The van der Waals surface area contributed by atoms with Crippen LogP contribution in [0.2, 0.25) is 0 Å². The predicted molar refractivity (Wildman–Crippen MR) is 83.3 cm³/mol. The number of aliphatic hydroxyl groups excluding tert-OH is 1. The molecule has 0 spiro atoms. The lowest BCUT2D eigenvalue weighted by Gasteiger charge is -2.25. The second kappa shape index (κ2) is 5.77. The highest BCUT2D eigenvalue weighted by Crippen LogP contribution is 2.28. The molecule has 2 heterocycles. The van der Waals surface area contributed by atoms with E-state index in [0.717, 1.165) is 23.2 Å². The quantitative estimate of drug-likeness (QED) is 0.889. The van der Waals surface area contributed by atoms with Gasteiger partial charge < -0.3 is 15.1 Å². The van der Waals surface area contributed by atoms with Crippen LogP contribution in [0.15, 0.2) is 36.4 Å². The fourth-order valence-electron chi connectivity index (χ4n) is 2.88. The molecule has 1 atom stereocenters. The summed E-state index contributed by atoms with van der Waals surface area (Å²) >= 11 is 0. The average Bonchev–Trinajstić information content (AvgIpc) is 2.67. The summed E-state index contributed by atoms with van der Waals surface area (Å²) in [5, 5.41) is 19.8. The zero-order valence-electron chi connectivity index (χ0n) is 12.4. The molecule has 0 amide bonds. The Bertz CT molecular complexity index is 715. The van der Waals surface area contributed by atoms with Gasteiger partial charge in [-0.05, 0) is 36.6 Å². The van der Waals surface area contributed by atoms with Gasteiger partial charge in [-0.2, -0.15) is 0 Å². The number of aromatic carboxylic acids is 1. The Morgan fingerprint density at radius 1 is 1.27 bits per heavy atom. The Labute approximate surface area is 128 Å². The van der Waals surface area contributed by atoms with Gasteiger partial charge in [0.1, 0.15) is 11.4 Å². The number of anilines is 1. The van der Waals surface area contributed by atoms with E-state index in [1.807, 2.05) is 36.1 Å². The Hall–Kier alpha value is -2.40. The van der Waals surface area contributed by atoms with Gasteiger partial charge in [0.2, 0.25) is 0 Å². The van der Waals surface area contributed by atoms with Crippen LogP contribution in [0.25, 0.3) is 0 Å². The number of carboxylic acids is 1. The number of carboxylic acid groups (broad SMARTS) is 1. The highest BCUT2D eigenvalue weighted by Gasteiger charge is 2.25. The van der Waals surface area contributed by atoms with Crippen LogP contribution in [0.4, 0.5) is 5.82 Å². The van der Waals surface area contributed by atoms with Gasteiger partial charge >= 0.3 is 5.97 Å². The first-order valence-electron chi connectivity index (χ1n) is 7.28. The van der Waals surface area contributed by atoms with Crippen molar-refractivity contribution in [3.63, 3.8) is 0 Å². The summed E-state index contributed by atoms with van der Waals surface area (Å²) in [5.41, 5.74) is 2.94. The van der Waals surface area contributed by atoms with Crippen LogP contribution in [-0.2, 0) is 6.42 Å². The van der Waals surface area contributed by atoms with Crippen LogP contribution >= 0.6 is 0 Å². The van der Waals surface area contributed by atoms with Gasteiger partial charge in [0.05, 0.1) is 6.10 Å². The summed E-state index contributed by atoms with van der Waals surface area (Å²) < 4.78 is 0. The standard InChI is InChI=1S/C17H18N2O3/c1-11-6-7-14(17(21)22)16(18-11)19-9-8-12-4-2-3-5-13(12)15(20)10-19/h2-7,15,20H,8-10H2,1H3,(H,21,22). The molecule has 5 heteroatoms. The molecule has 1 aromatic carbocycles. The summed E-state index contributed by atoms with van der Waals surface area (Å²) in [7, 11) is 0. The minimum atomic E-state index is -1.00. The zero-order valence-corrected chi connectivity index (χ0v) is 12.4. The largest absolute Gasteiger partial charge is 0.478 e. The number of hydrogen-bond acceptors (Lipinski definition) is 4. The van der Waals surface area contributed by atoms with Crippen LogP contribution in [0, 0.1) is 6.92 Å². The van der Waals surface area contributed by atoms with Gasteiger partial charge in [-0.1, -0.05) is 24.3 Å². The summed E-state index contributed by atoms with van der Waals surface area (Å²) in [4.78, 5) is 17.7. The van der Waals surface area contributed by atoms with Crippen molar-refractivity contribution in [3.8, 4) is 0 Å². The summed E-state index contributed by atoms with van der Waals surface area (Å²) in [6.07, 6.45) is 0.102. The van der Waals surface area contributed by atoms with Gasteiger partial charge in [0.25, 0.3) is 0 Å². The molecule has 0 saturated carbocycles. The van der Waals surface area contributed by atoms with E-state index in [4.69, 9.17) is 0 Å². The minimum Gasteiger partial charge on any atom is -0.478 e. The topological polar surface area (TPSA) is 73.7 Å². The number of hydrogen-bond donors (Lipinski definition) is 2. The molecule has 114 valence electrons. The smallest absolute Gasteiger partial charge is 0.339 e. The van der Waals surface area contributed by atoms with Crippen molar-refractivity contribution in [3.05, 3.63) is 58.8 Å². The van der Waals surface area contributed by atoms with Gasteiger partial charge in [-0.25, -0.2) is 9.78 Å². The molecule has 1 aromatic heterocycles. The van der Waals surface area contributed by atoms with Crippen molar-refractivity contribution < 1.29 is 15.0 Å². The summed E-state index contributed by atoms with van der Waals surface area (Å²) in [6, 6.07) is 11.1. The first-order valence-corrected chi connectivity index (χ1v) is 7.28. The highest BCUT2D eigenvalue weighted by molar-refractivity contribution is 5.93. The third-order valence-corrected chi connectivity index (χ3v) is 4.00. The SMILES string of the molecule is Cc1ccc(C(=O)O)c(N2CCc3ccccc3C(O)C2)n1. The molecule has 0 aliphatic carbocycles. The van der Waals surface area contributed by atoms with Crippen molar-refractivity contribution in [1.29, 1.82) is 0 Å². The highest BCUT2D eigenvalue weighted by atomic mass is 16.4. The fraction of sp³-hybridized carbons (Fsp3) is 0.294. The molecule has 1 aliphatic rings. The second-order valence-corrected chi connectivity index (χ2v) is 5.54. The van der Waals surface area contributed by atoms with E-state index >= 15 is 0 Å². The molecule has 22 heavy (non-hydrogen) atoms. The van der Waals surface area contributed by atoms with E-state index in [0.29, 0.717) is 18.9 Å². The second-order valence-electron chi connectivity index (χ2n) is 5.54. The number of carbonyl (C=O) groups is 1.